The van der Waals surface area contributed by atoms with Gasteiger partial charge in [-0.3, -0.25) is 4.98 Å². The number of halogens is 1. The van der Waals surface area contributed by atoms with Crippen molar-refractivity contribution in [3.8, 4) is 39.6 Å². The first kappa shape index (κ1) is 24.4. The molecule has 0 unspecified atom stereocenters. The first-order chi connectivity index (χ1) is 18.1. The van der Waals surface area contributed by atoms with Crippen LogP contribution < -0.4 is 0 Å². The number of nitriles is 1. The Morgan fingerprint density at radius 1 is 0.789 bits per heavy atom. The topological polar surface area (TPSA) is 36.7 Å². The van der Waals surface area contributed by atoms with Gasteiger partial charge in [0, 0.05) is 38.7 Å². The van der Waals surface area contributed by atoms with Gasteiger partial charge in [0.25, 0.3) is 0 Å². The molecule has 1 aliphatic rings. The van der Waals surface area contributed by atoms with E-state index >= 15 is 4.39 Å². The van der Waals surface area contributed by atoms with Crippen LogP contribution in [0.3, 0.4) is 0 Å². The number of hydrogen-bond acceptors (Lipinski definition) is 2. The van der Waals surface area contributed by atoms with Crippen LogP contribution in [0.5, 0.6) is 0 Å². The molecular formula is C34H29FN2S. The van der Waals surface area contributed by atoms with Gasteiger partial charge < -0.3 is 0 Å². The normalized spacial score (nSPS) is 14.6. The number of pyridine rings is 1. The molecule has 0 N–H and O–H groups in total. The number of nitrogens with zero attached hydrogens (tertiary/aromatic N) is 2. The molecule has 4 aromatic carbocycles. The summed E-state index contributed by atoms with van der Waals surface area (Å²) >= 11 is 0. The molecule has 0 saturated heterocycles. The molecule has 0 atom stereocenters. The van der Waals surface area contributed by atoms with E-state index in [0.29, 0.717) is 16.8 Å². The van der Waals surface area contributed by atoms with E-state index in [4.69, 9.17) is 4.98 Å². The molecular weight excluding hydrogens is 487 g/mol. The molecule has 0 bridgehead atoms. The zero-order valence-electron chi connectivity index (χ0n) is 22.3. The first-order valence-electron chi connectivity index (χ1n) is 12.7. The van der Waals surface area contributed by atoms with E-state index < -0.39 is 10.0 Å². The summed E-state index contributed by atoms with van der Waals surface area (Å²) in [4.78, 5) is 7.16. The number of fused-ring (bicyclic) bond motifs is 4. The highest BCUT2D eigenvalue weighted by atomic mass is 32.3. The van der Waals surface area contributed by atoms with Crippen LogP contribution in [0.2, 0.25) is 0 Å². The van der Waals surface area contributed by atoms with Gasteiger partial charge >= 0.3 is 0 Å². The van der Waals surface area contributed by atoms with E-state index in [-0.39, 0.29) is 11.2 Å². The van der Waals surface area contributed by atoms with Crippen molar-refractivity contribution in [3.63, 3.8) is 0 Å². The zero-order chi connectivity index (χ0) is 26.8. The SMILES string of the molecule is CC(C)(C)c1cnc(-c2cccc3c2S(C)(C)c2c-3ccc(C#N)c2-c2ccc3ccccc3c2)cc1F. The van der Waals surface area contributed by atoms with Crippen LogP contribution >= 0.6 is 10.0 Å². The molecule has 0 fully saturated rings. The molecule has 0 spiro atoms. The Hall–Kier alpha value is -3.94. The van der Waals surface area contributed by atoms with Gasteiger partial charge in [-0.2, -0.15) is 15.3 Å². The van der Waals surface area contributed by atoms with Crippen molar-refractivity contribution in [3.05, 3.63) is 102 Å². The monoisotopic (exact) mass is 516 g/mol. The lowest BCUT2D eigenvalue weighted by atomic mass is 9.87. The molecule has 5 aromatic rings. The highest BCUT2D eigenvalue weighted by Gasteiger charge is 2.37. The second kappa shape index (κ2) is 8.55. The summed E-state index contributed by atoms with van der Waals surface area (Å²) in [6.45, 7) is 5.99. The van der Waals surface area contributed by atoms with Crippen molar-refractivity contribution < 1.29 is 4.39 Å². The molecule has 0 radical (unpaired) electrons. The van der Waals surface area contributed by atoms with Crippen LogP contribution in [0.25, 0.3) is 44.3 Å². The Balaban J connectivity index is 1.60. The van der Waals surface area contributed by atoms with E-state index in [9.17, 15) is 5.26 Å². The fourth-order valence-electron chi connectivity index (χ4n) is 5.78. The second-order valence-electron chi connectivity index (χ2n) is 11.3. The Morgan fingerprint density at radius 2 is 1.50 bits per heavy atom. The van der Waals surface area contributed by atoms with Crippen molar-refractivity contribution in [1.29, 1.82) is 5.26 Å². The van der Waals surface area contributed by atoms with Crippen molar-refractivity contribution in [2.45, 2.75) is 36.0 Å². The Kier molecular flexibility index (Phi) is 5.49. The standard InChI is InChI=1S/C34H29FN2S/c1-34(2,3)28-20-37-30(18-29(28)35)27-12-8-11-25-26-16-15-24(19-36)31(33(26)38(4,5)32(25)27)23-14-13-21-9-6-7-10-22(21)17-23/h6-18,20H,1-5H3. The quantitative estimate of drug-likeness (QED) is 0.234. The highest BCUT2D eigenvalue weighted by Crippen LogP contribution is 2.71. The molecule has 2 heterocycles. The van der Waals surface area contributed by atoms with Crippen LogP contribution in [-0.4, -0.2) is 17.5 Å². The van der Waals surface area contributed by atoms with Gasteiger partial charge in [0.15, 0.2) is 0 Å². The molecule has 38 heavy (non-hydrogen) atoms. The van der Waals surface area contributed by atoms with Gasteiger partial charge in [-0.1, -0.05) is 81.4 Å². The minimum atomic E-state index is -1.57. The maximum Gasteiger partial charge on any atom is 0.130 e. The third-order valence-corrected chi connectivity index (χ3v) is 10.5. The minimum Gasteiger partial charge on any atom is -0.256 e. The number of rotatable bonds is 2. The fourth-order valence-corrected chi connectivity index (χ4v) is 8.90. The molecule has 6 rings (SSSR count). The summed E-state index contributed by atoms with van der Waals surface area (Å²) in [5.74, 6) is -0.230. The summed E-state index contributed by atoms with van der Waals surface area (Å²) in [6.07, 6.45) is 6.25. The van der Waals surface area contributed by atoms with Crippen LogP contribution in [0.1, 0.15) is 31.9 Å². The number of hydrogen-bond donors (Lipinski definition) is 0. The van der Waals surface area contributed by atoms with Crippen LogP contribution in [0, 0.1) is 17.1 Å². The van der Waals surface area contributed by atoms with E-state index in [0.717, 1.165) is 33.2 Å². The summed E-state index contributed by atoms with van der Waals surface area (Å²) in [5, 5.41) is 12.5. The number of benzene rings is 4. The second-order valence-corrected chi connectivity index (χ2v) is 14.8. The molecule has 4 heteroatoms. The Labute approximate surface area is 225 Å². The summed E-state index contributed by atoms with van der Waals surface area (Å²) in [6, 6.07) is 29.0. The molecule has 1 aliphatic heterocycles. The van der Waals surface area contributed by atoms with Gasteiger partial charge in [-0.05, 0) is 57.5 Å². The van der Waals surface area contributed by atoms with Crippen LogP contribution in [-0.2, 0) is 5.41 Å². The van der Waals surface area contributed by atoms with Crippen molar-refractivity contribution in [2.24, 2.45) is 0 Å². The summed E-state index contributed by atoms with van der Waals surface area (Å²) in [5.41, 5.74) is 6.91. The molecule has 2 nitrogen and oxygen atoms in total. The van der Waals surface area contributed by atoms with Gasteiger partial charge in [0.1, 0.15) is 5.82 Å². The Bertz CT molecular complexity index is 1800. The summed E-state index contributed by atoms with van der Waals surface area (Å²) < 4.78 is 15.3. The minimum absolute atomic E-state index is 0.230. The smallest absolute Gasteiger partial charge is 0.130 e. The molecule has 188 valence electrons. The lowest BCUT2D eigenvalue weighted by molar-refractivity contribution is 0.520. The first-order valence-corrected chi connectivity index (χ1v) is 15.2. The third-order valence-electron chi connectivity index (χ3n) is 7.58. The van der Waals surface area contributed by atoms with Crippen molar-refractivity contribution in [2.75, 3.05) is 12.5 Å². The lowest BCUT2D eigenvalue weighted by Crippen LogP contribution is -2.14. The van der Waals surface area contributed by atoms with E-state index in [2.05, 4.69) is 67.1 Å². The van der Waals surface area contributed by atoms with Gasteiger partial charge in [-0.15, -0.1) is 0 Å². The van der Waals surface area contributed by atoms with E-state index in [1.807, 2.05) is 45.0 Å². The maximum atomic E-state index is 15.3. The van der Waals surface area contributed by atoms with E-state index in [1.54, 1.807) is 12.3 Å². The third kappa shape index (κ3) is 3.65. The van der Waals surface area contributed by atoms with Crippen molar-refractivity contribution in [1.82, 2.24) is 4.98 Å². The van der Waals surface area contributed by atoms with Gasteiger partial charge in [-0.25, -0.2) is 4.39 Å². The molecule has 0 aliphatic carbocycles. The average Bonchev–Trinajstić information content (AvgIpc) is 3.14. The van der Waals surface area contributed by atoms with Crippen LogP contribution in [0.4, 0.5) is 4.39 Å². The van der Waals surface area contributed by atoms with Crippen LogP contribution in [0.15, 0.2) is 94.9 Å². The number of aromatic nitrogens is 1. The summed E-state index contributed by atoms with van der Waals surface area (Å²) in [7, 11) is -1.57. The molecule has 0 amide bonds. The van der Waals surface area contributed by atoms with Crippen molar-refractivity contribution >= 4 is 20.8 Å². The molecule has 0 saturated carbocycles. The van der Waals surface area contributed by atoms with E-state index in [1.165, 1.54) is 15.2 Å². The maximum absolute atomic E-state index is 15.3. The zero-order valence-corrected chi connectivity index (χ0v) is 23.1. The average molecular weight is 517 g/mol. The highest BCUT2D eigenvalue weighted by molar-refractivity contribution is 8.33. The fraction of sp³-hybridized carbons (Fsp3) is 0.176. The van der Waals surface area contributed by atoms with Gasteiger partial charge in [0.05, 0.1) is 17.3 Å². The molecule has 1 aromatic heterocycles. The van der Waals surface area contributed by atoms with Gasteiger partial charge in [0.2, 0.25) is 0 Å². The predicted octanol–water partition coefficient (Wildman–Crippen LogP) is 9.34. The largest absolute Gasteiger partial charge is 0.256 e. The Morgan fingerprint density at radius 3 is 2.21 bits per heavy atom. The predicted molar refractivity (Wildman–Crippen MR) is 157 cm³/mol. The lowest BCUT2D eigenvalue weighted by Gasteiger charge is -2.32.